The highest BCUT2D eigenvalue weighted by Gasteiger charge is 2.23. The van der Waals surface area contributed by atoms with E-state index < -0.39 is 14.8 Å². The fourth-order valence-corrected chi connectivity index (χ4v) is 3.84. The van der Waals surface area contributed by atoms with E-state index in [9.17, 15) is 18.5 Å². The molecule has 0 amide bonds. The third-order valence-corrected chi connectivity index (χ3v) is 5.30. The van der Waals surface area contributed by atoms with Gasteiger partial charge < -0.3 is 10.1 Å². The Labute approximate surface area is 123 Å². The van der Waals surface area contributed by atoms with Crippen molar-refractivity contribution >= 4 is 15.5 Å². The van der Waals surface area contributed by atoms with Crippen LogP contribution < -0.4 is 10.1 Å². The summed E-state index contributed by atoms with van der Waals surface area (Å²) in [6.45, 7) is 0.468. The first kappa shape index (κ1) is 15.7. The summed E-state index contributed by atoms with van der Waals surface area (Å²) < 4.78 is 27.6. The van der Waals surface area contributed by atoms with Gasteiger partial charge in [0.05, 0.1) is 23.5 Å². The number of methoxy groups -OCH3 is 1. The number of sulfone groups is 1. The van der Waals surface area contributed by atoms with Gasteiger partial charge >= 0.3 is 5.69 Å². The van der Waals surface area contributed by atoms with Crippen LogP contribution in [0.15, 0.2) is 18.2 Å². The van der Waals surface area contributed by atoms with Crippen LogP contribution in [0, 0.1) is 10.1 Å². The molecule has 0 aliphatic carbocycles. The summed E-state index contributed by atoms with van der Waals surface area (Å²) in [6.07, 6.45) is 1.17. The van der Waals surface area contributed by atoms with E-state index in [-0.39, 0.29) is 29.0 Å². The van der Waals surface area contributed by atoms with Gasteiger partial charge in [0.15, 0.2) is 5.75 Å². The fourth-order valence-electron chi connectivity index (χ4n) is 2.34. The van der Waals surface area contributed by atoms with Crippen molar-refractivity contribution in [1.82, 2.24) is 5.32 Å². The minimum Gasteiger partial charge on any atom is -0.490 e. The molecule has 0 unspecified atom stereocenters. The number of nitrogens with zero attached hydrogens (tertiary/aromatic N) is 1. The SMILES string of the molecule is COc1ccc(CNC2CCS(=O)(=O)CC2)cc1[N+](=O)[O-]. The Kier molecular flexibility index (Phi) is 4.79. The second-order valence-electron chi connectivity index (χ2n) is 5.07. The number of rotatable bonds is 5. The molecule has 0 spiro atoms. The highest BCUT2D eigenvalue weighted by molar-refractivity contribution is 7.91. The first-order chi connectivity index (χ1) is 9.91. The van der Waals surface area contributed by atoms with Crippen molar-refractivity contribution in [3.8, 4) is 5.75 Å². The van der Waals surface area contributed by atoms with Crippen LogP contribution in [0.4, 0.5) is 5.69 Å². The average Bonchev–Trinajstić information content (AvgIpc) is 2.45. The van der Waals surface area contributed by atoms with Crippen LogP contribution in [0.2, 0.25) is 0 Å². The molecule has 8 heteroatoms. The van der Waals surface area contributed by atoms with Crippen molar-refractivity contribution in [1.29, 1.82) is 0 Å². The maximum atomic E-state index is 11.3. The van der Waals surface area contributed by atoms with Crippen molar-refractivity contribution in [3.63, 3.8) is 0 Å². The van der Waals surface area contributed by atoms with Crippen molar-refractivity contribution in [2.75, 3.05) is 18.6 Å². The van der Waals surface area contributed by atoms with Gasteiger partial charge in [0.25, 0.3) is 0 Å². The highest BCUT2D eigenvalue weighted by atomic mass is 32.2. The first-order valence-corrected chi connectivity index (χ1v) is 8.48. The molecule has 1 saturated heterocycles. The second kappa shape index (κ2) is 6.40. The summed E-state index contributed by atoms with van der Waals surface area (Å²) in [5, 5.41) is 14.2. The molecule has 0 radical (unpaired) electrons. The summed E-state index contributed by atoms with van der Waals surface area (Å²) in [5.74, 6) is 0.633. The van der Waals surface area contributed by atoms with Gasteiger partial charge in [-0.05, 0) is 24.5 Å². The maximum Gasteiger partial charge on any atom is 0.311 e. The van der Waals surface area contributed by atoms with Crippen molar-refractivity contribution in [2.24, 2.45) is 0 Å². The fraction of sp³-hybridized carbons (Fsp3) is 0.538. The van der Waals surface area contributed by atoms with Gasteiger partial charge in [-0.3, -0.25) is 10.1 Å². The van der Waals surface area contributed by atoms with Crippen LogP contribution in [0.1, 0.15) is 18.4 Å². The molecule has 0 aromatic heterocycles. The molecular weight excluding hydrogens is 296 g/mol. The molecule has 2 rings (SSSR count). The van der Waals surface area contributed by atoms with Gasteiger partial charge in [-0.1, -0.05) is 6.07 Å². The summed E-state index contributed by atoms with van der Waals surface area (Å²) in [5.41, 5.74) is 0.707. The van der Waals surface area contributed by atoms with Gasteiger partial charge in [-0.15, -0.1) is 0 Å². The van der Waals surface area contributed by atoms with Gasteiger partial charge in [-0.25, -0.2) is 8.42 Å². The molecule has 0 atom stereocenters. The molecule has 1 N–H and O–H groups in total. The molecule has 0 saturated carbocycles. The zero-order valence-electron chi connectivity index (χ0n) is 11.7. The lowest BCUT2D eigenvalue weighted by Gasteiger charge is -2.23. The molecule has 1 aromatic rings. The summed E-state index contributed by atoms with van der Waals surface area (Å²) in [7, 11) is -1.48. The molecule has 116 valence electrons. The Morgan fingerprint density at radius 2 is 2.05 bits per heavy atom. The molecule has 0 bridgehead atoms. The summed E-state index contributed by atoms with van der Waals surface area (Å²) in [6, 6.07) is 4.94. The number of hydrogen-bond donors (Lipinski definition) is 1. The Bertz CT molecular complexity index is 615. The normalized spacial score (nSPS) is 18.3. The zero-order chi connectivity index (χ0) is 15.5. The maximum absolute atomic E-state index is 11.3. The Morgan fingerprint density at radius 1 is 1.38 bits per heavy atom. The lowest BCUT2D eigenvalue weighted by atomic mass is 10.1. The van der Waals surface area contributed by atoms with E-state index in [1.54, 1.807) is 12.1 Å². The molecule has 7 nitrogen and oxygen atoms in total. The minimum absolute atomic E-state index is 0.0666. The lowest BCUT2D eigenvalue weighted by molar-refractivity contribution is -0.385. The van der Waals surface area contributed by atoms with E-state index in [1.165, 1.54) is 13.2 Å². The van der Waals surface area contributed by atoms with Gasteiger partial charge in [-0.2, -0.15) is 0 Å². The third-order valence-electron chi connectivity index (χ3n) is 3.59. The molecule has 21 heavy (non-hydrogen) atoms. The molecule has 1 aromatic carbocycles. The smallest absolute Gasteiger partial charge is 0.311 e. The molecule has 1 aliphatic heterocycles. The van der Waals surface area contributed by atoms with E-state index >= 15 is 0 Å². The molecule has 1 fully saturated rings. The number of nitrogens with one attached hydrogen (secondary N) is 1. The highest BCUT2D eigenvalue weighted by Crippen LogP contribution is 2.27. The lowest BCUT2D eigenvalue weighted by Crippen LogP contribution is -2.37. The average molecular weight is 314 g/mol. The van der Waals surface area contributed by atoms with Gasteiger partial charge in [0.1, 0.15) is 9.84 Å². The summed E-state index contributed by atoms with van der Waals surface area (Å²) in [4.78, 5) is 10.5. The number of ether oxygens (including phenoxy) is 1. The van der Waals surface area contributed by atoms with Crippen LogP contribution in [-0.2, 0) is 16.4 Å². The predicted octanol–water partition coefficient (Wildman–Crippen LogP) is 1.27. The monoisotopic (exact) mass is 314 g/mol. The van der Waals surface area contributed by atoms with E-state index in [0.717, 1.165) is 5.56 Å². The van der Waals surface area contributed by atoms with Crippen LogP contribution in [0.25, 0.3) is 0 Å². The molecule has 1 aliphatic rings. The van der Waals surface area contributed by atoms with E-state index in [4.69, 9.17) is 4.74 Å². The van der Waals surface area contributed by atoms with Crippen LogP contribution in [-0.4, -0.2) is 38.0 Å². The van der Waals surface area contributed by atoms with Crippen LogP contribution in [0.3, 0.4) is 0 Å². The largest absolute Gasteiger partial charge is 0.490 e. The minimum atomic E-state index is -2.87. The number of nitro groups is 1. The first-order valence-electron chi connectivity index (χ1n) is 6.66. The topological polar surface area (TPSA) is 98.5 Å². The predicted molar refractivity (Wildman–Crippen MR) is 78.2 cm³/mol. The summed E-state index contributed by atoms with van der Waals surface area (Å²) >= 11 is 0. The Morgan fingerprint density at radius 3 is 2.62 bits per heavy atom. The van der Waals surface area contributed by atoms with Crippen molar-refractivity contribution in [2.45, 2.75) is 25.4 Å². The third kappa shape index (κ3) is 4.15. The van der Waals surface area contributed by atoms with Crippen LogP contribution >= 0.6 is 0 Å². The van der Waals surface area contributed by atoms with E-state index in [2.05, 4.69) is 5.32 Å². The Balaban J connectivity index is 1.98. The van der Waals surface area contributed by atoms with Crippen molar-refractivity contribution < 1.29 is 18.1 Å². The molecule has 1 heterocycles. The van der Waals surface area contributed by atoms with Gasteiger partial charge in [0, 0.05) is 18.7 Å². The van der Waals surface area contributed by atoms with E-state index in [0.29, 0.717) is 19.4 Å². The standard InChI is InChI=1S/C13H18N2O5S/c1-20-13-3-2-10(8-12(13)15(16)17)9-14-11-4-6-21(18,19)7-5-11/h2-3,8,11,14H,4-7,9H2,1H3. The number of hydrogen-bond acceptors (Lipinski definition) is 6. The Hall–Kier alpha value is -1.67. The second-order valence-corrected chi connectivity index (χ2v) is 7.37. The number of nitro benzene ring substituents is 1. The van der Waals surface area contributed by atoms with E-state index in [1.807, 2.05) is 0 Å². The number of benzene rings is 1. The van der Waals surface area contributed by atoms with Crippen LogP contribution in [0.5, 0.6) is 5.75 Å². The molecular formula is C13H18N2O5S. The zero-order valence-corrected chi connectivity index (χ0v) is 12.6. The quantitative estimate of drug-likeness (QED) is 0.649. The van der Waals surface area contributed by atoms with Gasteiger partial charge in [0.2, 0.25) is 0 Å². The van der Waals surface area contributed by atoms with Crippen molar-refractivity contribution in [3.05, 3.63) is 33.9 Å².